The van der Waals surface area contributed by atoms with Crippen LogP contribution in [0.1, 0.15) is 59.8 Å². The smallest absolute Gasteiger partial charge is 0.0845 e. The van der Waals surface area contributed by atoms with Crippen LogP contribution in [-0.4, -0.2) is 19.1 Å². The quantitative estimate of drug-likeness (QED) is 0.553. The molecule has 0 bridgehead atoms. The zero-order valence-corrected chi connectivity index (χ0v) is 12.0. The van der Waals surface area contributed by atoms with Gasteiger partial charge in [-0.1, -0.05) is 26.2 Å². The molecule has 0 aliphatic carbocycles. The molecule has 0 aromatic heterocycles. The van der Waals surface area contributed by atoms with E-state index in [1.54, 1.807) is 4.90 Å². The standard InChI is InChI=1S/C12H27N.BrH/c1-5-8-9-10-11-12(4)13(6-2)7-3;/h12H,5-11H2,1-4H3;1H. The van der Waals surface area contributed by atoms with Crippen molar-refractivity contribution < 1.29 is 21.9 Å². The molecule has 0 spiro atoms. The second-order valence-electron chi connectivity index (χ2n) is 4.12. The summed E-state index contributed by atoms with van der Waals surface area (Å²) >= 11 is 0. The minimum Gasteiger partial charge on any atom is -1.00 e. The van der Waals surface area contributed by atoms with Crippen LogP contribution in [0.4, 0.5) is 0 Å². The van der Waals surface area contributed by atoms with Gasteiger partial charge in [0, 0.05) is 0 Å². The summed E-state index contributed by atoms with van der Waals surface area (Å²) in [6.45, 7) is 11.8. The Bertz CT molecular complexity index is 102. The highest BCUT2D eigenvalue weighted by atomic mass is 79.9. The average Bonchev–Trinajstić information content (AvgIpc) is 2.14. The molecule has 0 aromatic carbocycles. The average molecular weight is 266 g/mol. The maximum atomic E-state index is 2.40. The zero-order chi connectivity index (χ0) is 10.1. The Kier molecular flexibility index (Phi) is 13.9. The molecule has 0 saturated carbocycles. The van der Waals surface area contributed by atoms with Gasteiger partial charge in [0.25, 0.3) is 0 Å². The number of halogens is 1. The lowest BCUT2D eigenvalue weighted by Gasteiger charge is -2.23. The van der Waals surface area contributed by atoms with Crippen LogP contribution in [0.25, 0.3) is 0 Å². The highest BCUT2D eigenvalue weighted by molar-refractivity contribution is 4.49. The second kappa shape index (κ2) is 11.5. The lowest BCUT2D eigenvalue weighted by atomic mass is 10.1. The Balaban J connectivity index is 0. The van der Waals surface area contributed by atoms with Crippen LogP contribution in [0.2, 0.25) is 0 Å². The zero-order valence-electron chi connectivity index (χ0n) is 10.4. The van der Waals surface area contributed by atoms with Gasteiger partial charge < -0.3 is 21.9 Å². The summed E-state index contributed by atoms with van der Waals surface area (Å²) in [6.07, 6.45) is 7.05. The summed E-state index contributed by atoms with van der Waals surface area (Å²) < 4.78 is 0. The number of unbranched alkanes of at least 4 members (excludes halogenated alkanes) is 3. The largest absolute Gasteiger partial charge is 1.00 e. The van der Waals surface area contributed by atoms with Gasteiger partial charge in [0.1, 0.15) is 0 Å². The molecule has 1 atom stereocenters. The molecule has 1 unspecified atom stereocenters. The van der Waals surface area contributed by atoms with E-state index in [2.05, 4.69) is 27.7 Å². The van der Waals surface area contributed by atoms with Crippen molar-refractivity contribution in [2.24, 2.45) is 0 Å². The van der Waals surface area contributed by atoms with Gasteiger partial charge in [-0.05, 0) is 33.6 Å². The Hall–Kier alpha value is 0.440. The molecule has 0 aliphatic rings. The highest BCUT2D eigenvalue weighted by Crippen LogP contribution is 2.03. The van der Waals surface area contributed by atoms with Gasteiger partial charge in [-0.3, -0.25) is 0 Å². The molecule has 2 heteroatoms. The molecule has 0 radical (unpaired) electrons. The summed E-state index contributed by atoms with van der Waals surface area (Å²) in [7, 11) is 0. The van der Waals surface area contributed by atoms with E-state index in [9.17, 15) is 0 Å². The van der Waals surface area contributed by atoms with Crippen molar-refractivity contribution in [3.05, 3.63) is 0 Å². The monoisotopic (exact) mass is 265 g/mol. The maximum absolute atomic E-state index is 2.40. The Morgan fingerprint density at radius 2 is 1.50 bits per heavy atom. The van der Waals surface area contributed by atoms with E-state index < -0.39 is 0 Å². The van der Waals surface area contributed by atoms with Crippen LogP contribution < -0.4 is 21.9 Å². The first kappa shape index (κ1) is 16.9. The third-order valence-electron chi connectivity index (χ3n) is 3.10. The third kappa shape index (κ3) is 7.81. The summed E-state index contributed by atoms with van der Waals surface area (Å²) in [6, 6.07) is 0.867. The van der Waals surface area contributed by atoms with Gasteiger partial charge >= 0.3 is 0 Å². The highest BCUT2D eigenvalue weighted by Gasteiger charge is 2.12. The molecule has 0 heterocycles. The van der Waals surface area contributed by atoms with E-state index in [-0.39, 0.29) is 17.0 Å². The molecule has 0 saturated heterocycles. The Morgan fingerprint density at radius 1 is 0.929 bits per heavy atom. The number of hydrogen-bond donors (Lipinski definition) is 1. The number of quaternary nitrogens is 1. The maximum Gasteiger partial charge on any atom is 0.0845 e. The SMILES string of the molecule is CCCCCCC(C)[NH+](CC)CC.[Br-]. The van der Waals surface area contributed by atoms with Crippen LogP contribution >= 0.6 is 0 Å². The minimum absolute atomic E-state index is 0. The first-order chi connectivity index (χ1) is 6.26. The molecular weight excluding hydrogens is 238 g/mol. The van der Waals surface area contributed by atoms with E-state index in [0.717, 1.165) is 6.04 Å². The van der Waals surface area contributed by atoms with Gasteiger partial charge in [0.15, 0.2) is 0 Å². The van der Waals surface area contributed by atoms with Gasteiger partial charge in [0.05, 0.1) is 19.1 Å². The lowest BCUT2D eigenvalue weighted by Crippen LogP contribution is -3.14. The summed E-state index contributed by atoms with van der Waals surface area (Å²) in [5, 5.41) is 0. The molecule has 1 nitrogen and oxygen atoms in total. The second-order valence-corrected chi connectivity index (χ2v) is 4.12. The first-order valence-corrected chi connectivity index (χ1v) is 6.10. The van der Waals surface area contributed by atoms with Crippen molar-refractivity contribution in [3.63, 3.8) is 0 Å². The molecule has 0 fully saturated rings. The molecule has 1 N–H and O–H groups in total. The minimum atomic E-state index is 0. The van der Waals surface area contributed by atoms with Crippen LogP contribution in [0, 0.1) is 0 Å². The van der Waals surface area contributed by atoms with Crippen molar-refractivity contribution in [1.29, 1.82) is 0 Å². The molecular formula is C12H28BrN. The summed E-state index contributed by atoms with van der Waals surface area (Å²) in [4.78, 5) is 1.76. The van der Waals surface area contributed by atoms with Gasteiger partial charge in [-0.2, -0.15) is 0 Å². The fourth-order valence-electron chi connectivity index (χ4n) is 2.03. The van der Waals surface area contributed by atoms with E-state index >= 15 is 0 Å². The number of rotatable bonds is 8. The first-order valence-electron chi connectivity index (χ1n) is 6.10. The van der Waals surface area contributed by atoms with Crippen molar-refractivity contribution in [2.75, 3.05) is 13.1 Å². The van der Waals surface area contributed by atoms with Crippen LogP contribution in [0.3, 0.4) is 0 Å². The van der Waals surface area contributed by atoms with Crippen LogP contribution in [0.15, 0.2) is 0 Å². The normalized spacial score (nSPS) is 12.6. The Labute approximate surface area is 101 Å². The lowest BCUT2D eigenvalue weighted by molar-refractivity contribution is -0.920. The summed E-state index contributed by atoms with van der Waals surface area (Å²) in [5.41, 5.74) is 0. The van der Waals surface area contributed by atoms with Crippen molar-refractivity contribution in [2.45, 2.75) is 65.8 Å². The molecule has 0 rings (SSSR count). The van der Waals surface area contributed by atoms with Crippen LogP contribution in [0.5, 0.6) is 0 Å². The molecule has 0 aromatic rings. The fraction of sp³-hybridized carbons (Fsp3) is 1.00. The summed E-state index contributed by atoms with van der Waals surface area (Å²) in [5.74, 6) is 0. The molecule has 14 heavy (non-hydrogen) atoms. The van der Waals surface area contributed by atoms with Crippen molar-refractivity contribution in [1.82, 2.24) is 0 Å². The van der Waals surface area contributed by atoms with Gasteiger partial charge in [-0.25, -0.2) is 0 Å². The predicted octanol–water partition coefficient (Wildman–Crippen LogP) is -0.726. The van der Waals surface area contributed by atoms with E-state index in [0.29, 0.717) is 0 Å². The topological polar surface area (TPSA) is 4.44 Å². The van der Waals surface area contributed by atoms with E-state index in [4.69, 9.17) is 0 Å². The number of nitrogens with one attached hydrogen (secondary N) is 1. The fourth-order valence-corrected chi connectivity index (χ4v) is 2.03. The van der Waals surface area contributed by atoms with Gasteiger partial charge in [0.2, 0.25) is 0 Å². The van der Waals surface area contributed by atoms with E-state index in [1.807, 2.05) is 0 Å². The number of hydrogen-bond acceptors (Lipinski definition) is 0. The molecule has 88 valence electrons. The Morgan fingerprint density at radius 3 is 1.93 bits per heavy atom. The predicted molar refractivity (Wildman–Crippen MR) is 60.3 cm³/mol. The molecule has 0 amide bonds. The van der Waals surface area contributed by atoms with Crippen molar-refractivity contribution in [3.8, 4) is 0 Å². The van der Waals surface area contributed by atoms with Gasteiger partial charge in [-0.15, -0.1) is 0 Å². The van der Waals surface area contributed by atoms with E-state index in [1.165, 1.54) is 45.2 Å². The third-order valence-corrected chi connectivity index (χ3v) is 3.10. The van der Waals surface area contributed by atoms with Crippen LogP contribution in [-0.2, 0) is 0 Å². The molecule has 0 aliphatic heterocycles. The van der Waals surface area contributed by atoms with Crippen molar-refractivity contribution >= 4 is 0 Å².